The number of Topliss-reactive ketones (excluding diaryl/α,β-unsaturated/α-hetero) is 1. The van der Waals surface area contributed by atoms with E-state index in [2.05, 4.69) is 65.5 Å². The molecule has 0 radical (unpaired) electrons. The zero-order valence-corrected chi connectivity index (χ0v) is 20.7. The quantitative estimate of drug-likeness (QED) is 0.416. The molecule has 5 nitrogen and oxygen atoms in total. The Hall–Kier alpha value is -2.90. The Balaban J connectivity index is 0.000000196. The van der Waals surface area contributed by atoms with Gasteiger partial charge in [-0.3, -0.25) is 4.79 Å². The largest absolute Gasteiger partial charge is 0.442 e. The lowest BCUT2D eigenvalue weighted by atomic mass is 9.86. The van der Waals surface area contributed by atoms with Crippen molar-refractivity contribution >= 4 is 5.78 Å². The average molecular weight is 473 g/mol. The predicted molar refractivity (Wildman–Crippen MR) is 125 cm³/mol. The van der Waals surface area contributed by atoms with Gasteiger partial charge in [-0.2, -0.15) is 23.4 Å². The number of alkyl halides is 3. The lowest BCUT2D eigenvalue weighted by Gasteiger charge is -2.18. The van der Waals surface area contributed by atoms with Crippen molar-refractivity contribution in [2.45, 2.75) is 72.4 Å². The molecule has 0 saturated heterocycles. The smallest absolute Gasteiger partial charge is 0.294 e. The van der Waals surface area contributed by atoms with Gasteiger partial charge in [0.25, 0.3) is 0 Å². The molecular formula is C26H31F3N4O. The van der Waals surface area contributed by atoms with E-state index in [0.717, 1.165) is 6.42 Å². The molecule has 0 amide bonds. The number of hydrogen-bond acceptors (Lipinski definition) is 5. The molecule has 0 fully saturated rings. The third kappa shape index (κ3) is 5.77. The monoisotopic (exact) mass is 472 g/mol. The van der Waals surface area contributed by atoms with Crippen LogP contribution in [0.3, 0.4) is 0 Å². The lowest BCUT2D eigenvalue weighted by Crippen LogP contribution is -2.30. The Kier molecular flexibility index (Phi) is 6.35. The van der Waals surface area contributed by atoms with Crippen LogP contribution in [0.15, 0.2) is 69.0 Å². The lowest BCUT2D eigenvalue weighted by molar-refractivity contribution is -0.166. The summed E-state index contributed by atoms with van der Waals surface area (Å²) in [5, 5.41) is 14.3. The first-order chi connectivity index (χ1) is 15.5. The van der Waals surface area contributed by atoms with Crippen LogP contribution in [0.25, 0.3) is 0 Å². The van der Waals surface area contributed by atoms with Crippen molar-refractivity contribution in [3.63, 3.8) is 0 Å². The third-order valence-electron chi connectivity index (χ3n) is 5.56. The Morgan fingerprint density at radius 1 is 0.765 bits per heavy atom. The van der Waals surface area contributed by atoms with Crippen molar-refractivity contribution in [3.8, 4) is 0 Å². The first-order valence-electron chi connectivity index (χ1n) is 11.2. The molecule has 0 atom stereocenters. The molecule has 2 aliphatic rings. The number of rotatable bonds is 4. The second-order valence-corrected chi connectivity index (χ2v) is 11.2. The topological polar surface area (TPSA) is 66.5 Å². The summed E-state index contributed by atoms with van der Waals surface area (Å²) < 4.78 is 38.3. The number of nitrogens with zero attached hydrogens (tertiary/aromatic N) is 4. The van der Waals surface area contributed by atoms with E-state index < -0.39 is 17.3 Å². The first kappa shape index (κ1) is 25.7. The van der Waals surface area contributed by atoms with E-state index in [4.69, 9.17) is 0 Å². The van der Waals surface area contributed by atoms with E-state index >= 15 is 0 Å². The van der Waals surface area contributed by atoms with Crippen LogP contribution in [-0.2, 0) is 17.7 Å². The van der Waals surface area contributed by atoms with E-state index in [1.165, 1.54) is 35.4 Å². The van der Waals surface area contributed by atoms with Crippen molar-refractivity contribution in [1.82, 2.24) is 0 Å². The molecule has 4 rings (SSSR count). The molecule has 0 spiro atoms. The minimum Gasteiger partial charge on any atom is -0.294 e. The fraction of sp³-hybridized carbons (Fsp3) is 0.500. The molecule has 2 aromatic carbocycles. The van der Waals surface area contributed by atoms with Crippen LogP contribution in [-0.4, -0.2) is 12.0 Å². The van der Waals surface area contributed by atoms with Gasteiger partial charge in [0.15, 0.2) is 5.78 Å². The van der Waals surface area contributed by atoms with Gasteiger partial charge in [0.2, 0.25) is 5.66 Å². The van der Waals surface area contributed by atoms with Gasteiger partial charge in [0.1, 0.15) is 0 Å². The van der Waals surface area contributed by atoms with Gasteiger partial charge in [-0.15, -0.1) is 10.2 Å². The molecule has 0 aliphatic carbocycles. The molecule has 0 bridgehead atoms. The van der Waals surface area contributed by atoms with Crippen molar-refractivity contribution in [1.29, 1.82) is 0 Å². The normalized spacial score (nSPS) is 17.6. The highest BCUT2D eigenvalue weighted by Crippen LogP contribution is 2.52. The summed E-state index contributed by atoms with van der Waals surface area (Å²) in [6.45, 7) is 14.1. The van der Waals surface area contributed by atoms with Crippen LogP contribution in [0.1, 0.15) is 75.5 Å². The number of benzene rings is 2. The minimum absolute atomic E-state index is 0.0644. The van der Waals surface area contributed by atoms with E-state index in [-0.39, 0.29) is 17.0 Å². The van der Waals surface area contributed by atoms with Gasteiger partial charge in [-0.05, 0) is 24.3 Å². The Morgan fingerprint density at radius 2 is 1.24 bits per heavy atom. The summed E-state index contributed by atoms with van der Waals surface area (Å²) in [4.78, 5) is 12.0. The maximum absolute atomic E-state index is 12.8. The molecular weight excluding hydrogens is 441 g/mol. The van der Waals surface area contributed by atoms with Crippen molar-refractivity contribution < 1.29 is 18.0 Å². The fourth-order valence-corrected chi connectivity index (χ4v) is 3.47. The Bertz CT molecular complexity index is 1090. The first-order valence-corrected chi connectivity index (χ1v) is 11.2. The summed E-state index contributed by atoms with van der Waals surface area (Å²) in [6.07, 6.45) is -3.43. The molecule has 2 heterocycles. The second-order valence-electron chi connectivity index (χ2n) is 11.2. The molecule has 2 aliphatic heterocycles. The van der Waals surface area contributed by atoms with Crippen LogP contribution in [0.4, 0.5) is 13.2 Å². The Labute approximate surface area is 198 Å². The maximum atomic E-state index is 12.8. The highest BCUT2D eigenvalue weighted by atomic mass is 19.4. The van der Waals surface area contributed by atoms with Gasteiger partial charge >= 0.3 is 11.8 Å². The molecule has 0 unspecified atom stereocenters. The summed E-state index contributed by atoms with van der Waals surface area (Å²) in [5.74, 6) is -0.121. The molecule has 34 heavy (non-hydrogen) atoms. The Morgan fingerprint density at radius 3 is 1.59 bits per heavy atom. The summed E-state index contributed by atoms with van der Waals surface area (Å²) >= 11 is 0. The van der Waals surface area contributed by atoms with Crippen molar-refractivity contribution in [2.75, 3.05) is 0 Å². The number of halogens is 3. The fourth-order valence-electron chi connectivity index (χ4n) is 3.47. The van der Waals surface area contributed by atoms with Gasteiger partial charge in [0.05, 0.1) is 0 Å². The van der Waals surface area contributed by atoms with E-state index in [1.807, 2.05) is 6.92 Å². The third-order valence-corrected chi connectivity index (χ3v) is 5.56. The highest BCUT2D eigenvalue weighted by molar-refractivity contribution is 5.99. The van der Waals surface area contributed by atoms with Crippen LogP contribution in [0.5, 0.6) is 0 Å². The van der Waals surface area contributed by atoms with Gasteiger partial charge in [0, 0.05) is 22.1 Å². The second kappa shape index (κ2) is 8.40. The van der Waals surface area contributed by atoms with Gasteiger partial charge < -0.3 is 0 Å². The van der Waals surface area contributed by atoms with Crippen molar-refractivity contribution in [2.24, 2.45) is 31.3 Å². The standard InChI is InChI=1S/C13H13F3N2O.C13H18N2/c1-11(2,3)10(19)8-4-6-9(7-5-8)12(17-18-12)13(14,15)16;1-12(2,3)9-10-5-7-11(8-6-10)13(4)14-15-13/h4-7H,1-3H3;5-8H,9H2,1-4H3. The van der Waals surface area contributed by atoms with E-state index in [0.29, 0.717) is 11.0 Å². The number of hydrogen-bond donors (Lipinski definition) is 0. The number of carbonyl (C=O) groups excluding carboxylic acids is 1. The maximum Gasteiger partial charge on any atom is 0.442 e. The van der Waals surface area contributed by atoms with E-state index in [9.17, 15) is 18.0 Å². The number of carbonyl (C=O) groups is 1. The van der Waals surface area contributed by atoms with E-state index in [1.54, 1.807) is 20.8 Å². The zero-order chi connectivity index (χ0) is 25.6. The molecule has 0 aromatic heterocycles. The number of ketones is 1. The summed E-state index contributed by atoms with van der Waals surface area (Å²) in [7, 11) is 0. The minimum atomic E-state index is -4.54. The summed E-state index contributed by atoms with van der Waals surface area (Å²) in [5.41, 5.74) is 0.0174. The molecule has 2 aromatic rings. The van der Waals surface area contributed by atoms with Crippen LogP contribution >= 0.6 is 0 Å². The molecule has 0 saturated carbocycles. The van der Waals surface area contributed by atoms with Gasteiger partial charge in [-0.1, -0.05) is 90.1 Å². The predicted octanol–water partition coefficient (Wildman–Crippen LogP) is 8.01. The van der Waals surface area contributed by atoms with Crippen LogP contribution in [0.2, 0.25) is 0 Å². The van der Waals surface area contributed by atoms with Crippen LogP contribution in [0, 0.1) is 10.8 Å². The molecule has 0 N–H and O–H groups in total. The van der Waals surface area contributed by atoms with Crippen LogP contribution < -0.4 is 0 Å². The SMILES string of the molecule is CC(C)(C)C(=O)c1ccc(C2(C(F)(F)F)N=N2)cc1.CC(C)(C)Cc1ccc(C2(C)N=N2)cc1. The summed E-state index contributed by atoms with van der Waals surface area (Å²) in [6, 6.07) is 13.9. The average Bonchev–Trinajstić information content (AvgIpc) is 3.62. The highest BCUT2D eigenvalue weighted by Gasteiger charge is 2.65. The zero-order valence-electron chi connectivity index (χ0n) is 20.7. The van der Waals surface area contributed by atoms with Gasteiger partial charge in [-0.25, -0.2) is 0 Å². The van der Waals surface area contributed by atoms with Crippen molar-refractivity contribution in [3.05, 3.63) is 70.8 Å². The molecule has 182 valence electrons. The molecule has 8 heteroatoms.